The van der Waals surface area contributed by atoms with Crippen molar-refractivity contribution in [3.63, 3.8) is 0 Å². The molecule has 2 aliphatic rings. The molecule has 3 amide bonds. The summed E-state index contributed by atoms with van der Waals surface area (Å²) in [5.41, 5.74) is 5.66. The van der Waals surface area contributed by atoms with Crippen molar-refractivity contribution in [3.8, 4) is 11.1 Å². The van der Waals surface area contributed by atoms with E-state index in [9.17, 15) is 14.4 Å². The van der Waals surface area contributed by atoms with Gasteiger partial charge in [0, 0.05) is 19.1 Å². The lowest BCUT2D eigenvalue weighted by molar-refractivity contribution is -0.0265. The number of nitrogens with one attached hydrogen (secondary N) is 1. The molecule has 62 heavy (non-hydrogen) atoms. The first-order valence-corrected chi connectivity index (χ1v) is 21.5. The molecule has 0 saturated carbocycles. The van der Waals surface area contributed by atoms with Crippen LogP contribution in [-0.4, -0.2) is 175 Å². The number of ether oxygens (including phenoxy) is 11. The van der Waals surface area contributed by atoms with E-state index in [0.717, 1.165) is 0 Å². The highest BCUT2D eigenvalue weighted by atomic mass is 16.6. The van der Waals surface area contributed by atoms with Gasteiger partial charge in [0.25, 0.3) is 11.8 Å². The van der Waals surface area contributed by atoms with Gasteiger partial charge in [-0.1, -0.05) is 60.7 Å². The van der Waals surface area contributed by atoms with Gasteiger partial charge in [-0.2, -0.15) is 0 Å². The van der Waals surface area contributed by atoms with E-state index in [1.807, 2.05) is 24.3 Å². The number of benzene rings is 3. The summed E-state index contributed by atoms with van der Waals surface area (Å²) in [4.78, 5) is 38.2. The van der Waals surface area contributed by atoms with Gasteiger partial charge in [-0.05, 0) is 40.8 Å². The Morgan fingerprint density at radius 3 is 1.15 bits per heavy atom. The molecule has 0 radical (unpaired) electrons. The second kappa shape index (κ2) is 29.9. The zero-order chi connectivity index (χ0) is 43.3. The van der Waals surface area contributed by atoms with E-state index in [0.29, 0.717) is 156 Å². The first kappa shape index (κ1) is 48.7. The number of carbonyl (C=O) groups excluding carboxylic acids is 3. The largest absolute Gasteiger partial charge is 0.449 e. The highest BCUT2D eigenvalue weighted by molar-refractivity contribution is 6.21. The second-order valence-electron chi connectivity index (χ2n) is 14.0. The van der Waals surface area contributed by atoms with Crippen LogP contribution in [0.15, 0.2) is 72.8 Å². The minimum absolute atomic E-state index is 0.0425. The zero-order valence-electron chi connectivity index (χ0n) is 35.6. The minimum Gasteiger partial charge on any atom is -0.449 e. The topological polar surface area (TPSA) is 168 Å². The van der Waals surface area contributed by atoms with Gasteiger partial charge < -0.3 is 57.4 Å². The number of nitrogens with zero attached hydrogens (tertiary/aromatic N) is 1. The van der Waals surface area contributed by atoms with Crippen LogP contribution in [0.3, 0.4) is 0 Å². The molecule has 16 nitrogen and oxygen atoms in total. The maximum atomic E-state index is 12.3. The van der Waals surface area contributed by atoms with Crippen LogP contribution in [0.25, 0.3) is 11.1 Å². The van der Waals surface area contributed by atoms with Crippen LogP contribution in [0.1, 0.15) is 44.2 Å². The SMILES string of the molecule is O=C(NCCCOCCOCCOCCOCCOCCOCCOCCOCCOCCOCCN1C(=O)c2ccccc2C1=O)OCC1c2ccccc2-c2ccccc21. The van der Waals surface area contributed by atoms with Crippen LogP contribution in [0.4, 0.5) is 4.79 Å². The Kier molecular flexibility index (Phi) is 23.5. The van der Waals surface area contributed by atoms with Crippen molar-refractivity contribution >= 4 is 17.9 Å². The van der Waals surface area contributed by atoms with E-state index < -0.39 is 6.09 Å². The molecule has 0 saturated heterocycles. The van der Waals surface area contributed by atoms with Crippen molar-refractivity contribution in [2.75, 3.05) is 152 Å². The van der Waals surface area contributed by atoms with E-state index in [1.54, 1.807) is 24.3 Å². The standard InChI is InChI=1S/C46H62N2O14/c49-44-41-12-5-6-13-42(41)45(50)48(44)15-17-53-19-21-55-23-25-57-27-29-59-31-33-61-35-34-60-32-30-58-28-26-56-24-22-54-20-18-52-16-7-14-47-46(51)62-36-43-39-10-3-1-8-37(39)38-9-2-4-11-40(38)43/h1-6,8-13,43H,7,14-36H2,(H,47,51). The molecule has 0 unspecified atom stereocenters. The summed E-state index contributed by atoms with van der Waals surface area (Å²) in [7, 11) is 0. The maximum absolute atomic E-state index is 12.3. The fraction of sp³-hybridized carbons (Fsp3) is 0.543. The highest BCUT2D eigenvalue weighted by Gasteiger charge is 2.34. The first-order valence-electron chi connectivity index (χ1n) is 21.5. The summed E-state index contributed by atoms with van der Waals surface area (Å²) in [5.74, 6) is -0.521. The fourth-order valence-corrected chi connectivity index (χ4v) is 6.69. The number of rotatable bonds is 36. The fourth-order valence-electron chi connectivity index (χ4n) is 6.69. The lowest BCUT2D eigenvalue weighted by Crippen LogP contribution is -2.33. The lowest BCUT2D eigenvalue weighted by Gasteiger charge is -2.14. The molecule has 1 aliphatic carbocycles. The molecule has 0 aromatic heterocycles. The number of hydrogen-bond donors (Lipinski definition) is 1. The second-order valence-corrected chi connectivity index (χ2v) is 14.0. The molecular formula is C46H62N2O14. The molecule has 5 rings (SSSR count). The van der Waals surface area contributed by atoms with Crippen molar-refractivity contribution in [3.05, 3.63) is 95.1 Å². The zero-order valence-corrected chi connectivity index (χ0v) is 35.6. The van der Waals surface area contributed by atoms with Crippen molar-refractivity contribution in [2.24, 2.45) is 0 Å². The van der Waals surface area contributed by atoms with E-state index in [1.165, 1.54) is 27.2 Å². The molecule has 0 fully saturated rings. The number of amides is 3. The highest BCUT2D eigenvalue weighted by Crippen LogP contribution is 2.44. The van der Waals surface area contributed by atoms with E-state index >= 15 is 0 Å². The molecule has 1 heterocycles. The van der Waals surface area contributed by atoms with E-state index in [-0.39, 0.29) is 30.9 Å². The average molecular weight is 867 g/mol. The smallest absolute Gasteiger partial charge is 0.407 e. The molecule has 0 atom stereocenters. The Morgan fingerprint density at radius 2 is 0.758 bits per heavy atom. The Bertz CT molecular complexity index is 1660. The number of hydrogen-bond acceptors (Lipinski definition) is 14. The van der Waals surface area contributed by atoms with Gasteiger partial charge in [-0.3, -0.25) is 14.5 Å². The first-order chi connectivity index (χ1) is 30.6. The van der Waals surface area contributed by atoms with Crippen LogP contribution in [0, 0.1) is 0 Å². The summed E-state index contributed by atoms with van der Waals surface area (Å²) < 4.78 is 60.7. The van der Waals surface area contributed by atoms with Crippen molar-refractivity contribution in [1.82, 2.24) is 10.2 Å². The molecule has 1 aliphatic heterocycles. The van der Waals surface area contributed by atoms with Crippen LogP contribution in [0.5, 0.6) is 0 Å². The minimum atomic E-state index is -0.422. The third-order valence-corrected chi connectivity index (χ3v) is 9.76. The molecular weight excluding hydrogens is 805 g/mol. The van der Waals surface area contributed by atoms with Gasteiger partial charge in [-0.25, -0.2) is 4.79 Å². The normalized spacial score (nSPS) is 13.1. The summed E-state index contributed by atoms with van der Waals surface area (Å²) in [6.45, 7) is 9.91. The predicted molar refractivity (Wildman–Crippen MR) is 228 cm³/mol. The predicted octanol–water partition coefficient (Wildman–Crippen LogP) is 4.38. The Hall–Kier alpha value is -4.33. The Morgan fingerprint density at radius 1 is 0.435 bits per heavy atom. The average Bonchev–Trinajstić information content (AvgIpc) is 3.75. The van der Waals surface area contributed by atoms with E-state index in [4.69, 9.17) is 52.1 Å². The molecule has 0 spiro atoms. The lowest BCUT2D eigenvalue weighted by atomic mass is 9.98. The quantitative estimate of drug-likeness (QED) is 0.0646. The van der Waals surface area contributed by atoms with Crippen molar-refractivity contribution < 1.29 is 66.5 Å². The van der Waals surface area contributed by atoms with Crippen LogP contribution in [0.2, 0.25) is 0 Å². The Labute approximate surface area is 364 Å². The van der Waals surface area contributed by atoms with Gasteiger partial charge in [-0.15, -0.1) is 0 Å². The molecule has 3 aromatic rings. The van der Waals surface area contributed by atoms with Crippen LogP contribution in [-0.2, 0) is 52.1 Å². The number of imide groups is 1. The van der Waals surface area contributed by atoms with Gasteiger partial charge in [0.1, 0.15) is 6.61 Å². The van der Waals surface area contributed by atoms with Crippen molar-refractivity contribution in [2.45, 2.75) is 12.3 Å². The summed E-state index contributed by atoms with van der Waals surface area (Å²) in [5, 5.41) is 2.80. The van der Waals surface area contributed by atoms with Crippen molar-refractivity contribution in [1.29, 1.82) is 0 Å². The summed E-state index contributed by atoms with van der Waals surface area (Å²) >= 11 is 0. The molecule has 1 N–H and O–H groups in total. The molecule has 3 aromatic carbocycles. The third kappa shape index (κ3) is 17.1. The molecule has 340 valence electrons. The van der Waals surface area contributed by atoms with Gasteiger partial charge in [0.2, 0.25) is 0 Å². The van der Waals surface area contributed by atoms with Crippen LogP contribution < -0.4 is 5.32 Å². The summed E-state index contributed by atoms with van der Waals surface area (Å²) in [6.07, 6.45) is 0.255. The molecule has 0 bridgehead atoms. The number of fused-ring (bicyclic) bond motifs is 4. The monoisotopic (exact) mass is 866 g/mol. The third-order valence-electron chi connectivity index (χ3n) is 9.76. The van der Waals surface area contributed by atoms with Gasteiger partial charge >= 0.3 is 6.09 Å². The summed E-state index contributed by atoms with van der Waals surface area (Å²) in [6, 6.07) is 23.4. The number of carbonyl (C=O) groups is 3. The Balaban J connectivity index is 0.670. The molecule has 16 heteroatoms. The van der Waals surface area contributed by atoms with Gasteiger partial charge in [0.15, 0.2) is 0 Å². The van der Waals surface area contributed by atoms with Gasteiger partial charge in [0.05, 0.1) is 143 Å². The van der Waals surface area contributed by atoms with Crippen LogP contribution >= 0.6 is 0 Å². The van der Waals surface area contributed by atoms with E-state index in [2.05, 4.69) is 29.6 Å². The maximum Gasteiger partial charge on any atom is 0.407 e. The number of alkyl carbamates (subject to hydrolysis) is 1.